The van der Waals surface area contributed by atoms with E-state index in [1.54, 1.807) is 0 Å². The molecule has 1 atom stereocenters. The van der Waals surface area contributed by atoms with Crippen LogP contribution in [-0.2, 0) is 11.3 Å². The van der Waals surface area contributed by atoms with E-state index in [1.807, 2.05) is 30.3 Å². The number of nitrogens with one attached hydrogen (secondary N) is 1. The van der Waals surface area contributed by atoms with Crippen LogP contribution < -0.4 is 5.32 Å². The highest BCUT2D eigenvalue weighted by Crippen LogP contribution is 2.22. The molecule has 0 aliphatic carbocycles. The van der Waals surface area contributed by atoms with E-state index in [4.69, 9.17) is 11.6 Å². The molecule has 0 aromatic heterocycles. The van der Waals surface area contributed by atoms with Crippen molar-refractivity contribution in [2.24, 2.45) is 0 Å². The van der Waals surface area contributed by atoms with Gasteiger partial charge >= 0.3 is 5.97 Å². The molecule has 2 N–H and O–H groups in total. The molecule has 0 aliphatic rings. The lowest BCUT2D eigenvalue weighted by Crippen LogP contribution is -2.29. The number of halogens is 2. The number of aliphatic carboxylic acids is 1. The van der Waals surface area contributed by atoms with Crippen LogP contribution in [0.15, 0.2) is 48.5 Å². The molecule has 1 unspecified atom stereocenters. The maximum Gasteiger partial charge on any atom is 0.325 e. The van der Waals surface area contributed by atoms with Gasteiger partial charge in [-0.05, 0) is 23.8 Å². The van der Waals surface area contributed by atoms with Gasteiger partial charge < -0.3 is 5.11 Å². The quantitative estimate of drug-likeness (QED) is 0.888. The fraction of sp³-hybridized carbons (Fsp3) is 0.133. The summed E-state index contributed by atoms with van der Waals surface area (Å²) in [6.45, 7) is 0.323. The SMILES string of the molecule is O=C(O)C(NCc1ccccc1)c1cc(Cl)ccc1F. The molecule has 3 nitrogen and oxygen atoms in total. The predicted molar refractivity (Wildman–Crippen MR) is 75.1 cm³/mol. The van der Waals surface area contributed by atoms with Crippen LogP contribution in [0.2, 0.25) is 5.02 Å². The third kappa shape index (κ3) is 3.56. The van der Waals surface area contributed by atoms with Crippen LogP contribution in [0.4, 0.5) is 4.39 Å². The summed E-state index contributed by atoms with van der Waals surface area (Å²) in [6, 6.07) is 12.0. The molecule has 0 saturated carbocycles. The Bertz CT molecular complexity index is 604. The molecule has 0 bridgehead atoms. The van der Waals surface area contributed by atoms with Crippen molar-refractivity contribution in [1.29, 1.82) is 0 Å². The molecule has 2 aromatic rings. The number of carboxylic acids is 1. The first kappa shape index (κ1) is 14.5. The van der Waals surface area contributed by atoms with Crippen molar-refractivity contribution in [2.45, 2.75) is 12.6 Å². The van der Waals surface area contributed by atoms with Crippen molar-refractivity contribution in [2.75, 3.05) is 0 Å². The first-order valence-corrected chi connectivity index (χ1v) is 6.41. The highest BCUT2D eigenvalue weighted by molar-refractivity contribution is 6.30. The Labute approximate surface area is 121 Å². The van der Waals surface area contributed by atoms with E-state index in [9.17, 15) is 14.3 Å². The second kappa shape index (κ2) is 6.50. The molecule has 104 valence electrons. The van der Waals surface area contributed by atoms with Gasteiger partial charge in [-0.1, -0.05) is 41.9 Å². The highest BCUT2D eigenvalue weighted by Gasteiger charge is 2.22. The number of rotatable bonds is 5. The van der Waals surface area contributed by atoms with Crippen LogP contribution in [0.1, 0.15) is 17.2 Å². The van der Waals surface area contributed by atoms with E-state index < -0.39 is 17.8 Å². The lowest BCUT2D eigenvalue weighted by molar-refractivity contribution is -0.139. The van der Waals surface area contributed by atoms with Gasteiger partial charge in [-0.25, -0.2) is 4.39 Å². The summed E-state index contributed by atoms with van der Waals surface area (Å²) in [5.74, 6) is -1.75. The number of hydrogen-bond acceptors (Lipinski definition) is 2. The van der Waals surface area contributed by atoms with Gasteiger partial charge in [0.15, 0.2) is 0 Å². The normalized spacial score (nSPS) is 12.1. The Balaban J connectivity index is 2.19. The minimum atomic E-state index is -1.15. The van der Waals surface area contributed by atoms with E-state index in [1.165, 1.54) is 12.1 Å². The van der Waals surface area contributed by atoms with E-state index in [0.717, 1.165) is 11.6 Å². The van der Waals surface area contributed by atoms with Gasteiger partial charge in [0, 0.05) is 17.1 Å². The molecule has 0 heterocycles. The molecule has 0 spiro atoms. The van der Waals surface area contributed by atoms with E-state index >= 15 is 0 Å². The van der Waals surface area contributed by atoms with Gasteiger partial charge in [0.2, 0.25) is 0 Å². The van der Waals surface area contributed by atoms with Crippen molar-refractivity contribution in [3.8, 4) is 0 Å². The molecule has 0 radical (unpaired) electrons. The van der Waals surface area contributed by atoms with Gasteiger partial charge in [-0.15, -0.1) is 0 Å². The molecule has 0 amide bonds. The molecule has 0 saturated heterocycles. The standard InChI is InChI=1S/C15H13ClFNO2/c16-11-6-7-13(17)12(8-11)14(15(19)20)18-9-10-4-2-1-3-5-10/h1-8,14,18H,9H2,(H,19,20). The minimum Gasteiger partial charge on any atom is -0.480 e. The second-order valence-electron chi connectivity index (χ2n) is 4.30. The Morgan fingerprint density at radius 3 is 2.60 bits per heavy atom. The summed E-state index contributed by atoms with van der Waals surface area (Å²) in [6.07, 6.45) is 0. The first-order valence-electron chi connectivity index (χ1n) is 6.03. The largest absolute Gasteiger partial charge is 0.480 e. The average Bonchev–Trinajstić information content (AvgIpc) is 2.43. The van der Waals surface area contributed by atoms with Crippen LogP contribution in [0.25, 0.3) is 0 Å². The topological polar surface area (TPSA) is 49.3 Å². The summed E-state index contributed by atoms with van der Waals surface area (Å²) in [7, 11) is 0. The lowest BCUT2D eigenvalue weighted by atomic mass is 10.1. The average molecular weight is 294 g/mol. The van der Waals surface area contributed by atoms with Crippen LogP contribution in [0.5, 0.6) is 0 Å². The zero-order valence-electron chi connectivity index (χ0n) is 10.5. The van der Waals surface area contributed by atoms with E-state index in [-0.39, 0.29) is 5.56 Å². The molecule has 0 aliphatic heterocycles. The Kier molecular flexibility index (Phi) is 4.71. The maximum absolute atomic E-state index is 13.7. The fourth-order valence-corrected chi connectivity index (χ4v) is 2.06. The van der Waals surface area contributed by atoms with E-state index in [0.29, 0.717) is 11.6 Å². The molecule has 5 heteroatoms. The summed E-state index contributed by atoms with van der Waals surface area (Å²) in [5, 5.41) is 12.4. The number of benzene rings is 2. The van der Waals surface area contributed by atoms with Crippen LogP contribution in [0, 0.1) is 5.82 Å². The highest BCUT2D eigenvalue weighted by atomic mass is 35.5. The van der Waals surface area contributed by atoms with Crippen molar-refractivity contribution in [1.82, 2.24) is 5.32 Å². The van der Waals surface area contributed by atoms with Gasteiger partial charge in [0.1, 0.15) is 11.9 Å². The third-order valence-corrected chi connectivity index (χ3v) is 3.10. The molecular weight excluding hydrogens is 281 g/mol. The molecular formula is C15H13ClFNO2. The van der Waals surface area contributed by atoms with Gasteiger partial charge in [-0.3, -0.25) is 10.1 Å². The Hall–Kier alpha value is -1.91. The van der Waals surface area contributed by atoms with Gasteiger partial charge in [0.25, 0.3) is 0 Å². The maximum atomic E-state index is 13.7. The van der Waals surface area contributed by atoms with Gasteiger partial charge in [-0.2, -0.15) is 0 Å². The predicted octanol–water partition coefficient (Wildman–Crippen LogP) is 3.39. The number of carboxylic acid groups (broad SMARTS) is 1. The monoisotopic (exact) mass is 293 g/mol. The van der Waals surface area contributed by atoms with Crippen molar-refractivity contribution >= 4 is 17.6 Å². The van der Waals surface area contributed by atoms with Crippen LogP contribution >= 0.6 is 11.6 Å². The molecule has 2 aromatic carbocycles. The number of hydrogen-bond donors (Lipinski definition) is 2. The molecule has 0 fully saturated rings. The smallest absolute Gasteiger partial charge is 0.325 e. The van der Waals surface area contributed by atoms with E-state index in [2.05, 4.69) is 5.32 Å². The fourth-order valence-electron chi connectivity index (χ4n) is 1.88. The van der Waals surface area contributed by atoms with Gasteiger partial charge in [0.05, 0.1) is 0 Å². The molecule has 20 heavy (non-hydrogen) atoms. The van der Waals surface area contributed by atoms with Crippen molar-refractivity contribution in [3.05, 3.63) is 70.5 Å². The Morgan fingerprint density at radius 1 is 1.25 bits per heavy atom. The summed E-state index contributed by atoms with van der Waals surface area (Å²) < 4.78 is 13.7. The third-order valence-electron chi connectivity index (χ3n) is 2.87. The summed E-state index contributed by atoms with van der Waals surface area (Å²) in [5.41, 5.74) is 0.946. The second-order valence-corrected chi connectivity index (χ2v) is 4.74. The van der Waals surface area contributed by atoms with Crippen molar-refractivity contribution in [3.63, 3.8) is 0 Å². The summed E-state index contributed by atoms with van der Waals surface area (Å²) in [4.78, 5) is 11.3. The van der Waals surface area contributed by atoms with Crippen LogP contribution in [-0.4, -0.2) is 11.1 Å². The first-order chi connectivity index (χ1) is 9.58. The zero-order chi connectivity index (χ0) is 14.5. The lowest BCUT2D eigenvalue weighted by Gasteiger charge is -2.16. The summed E-state index contributed by atoms with van der Waals surface area (Å²) >= 11 is 5.80. The zero-order valence-corrected chi connectivity index (χ0v) is 11.3. The number of carbonyl (C=O) groups is 1. The Morgan fingerprint density at radius 2 is 1.95 bits per heavy atom. The van der Waals surface area contributed by atoms with Crippen molar-refractivity contribution < 1.29 is 14.3 Å². The van der Waals surface area contributed by atoms with Crippen LogP contribution in [0.3, 0.4) is 0 Å². The molecule has 2 rings (SSSR count). The minimum absolute atomic E-state index is 0.0286.